The Balaban J connectivity index is 2.26. The van der Waals surface area contributed by atoms with Gasteiger partial charge in [-0.1, -0.05) is 43.9 Å². The predicted octanol–water partition coefficient (Wildman–Crippen LogP) is 5.01. The Hall–Kier alpha value is -0.730. The highest BCUT2D eigenvalue weighted by atomic mass is 35.5. The van der Waals surface area contributed by atoms with Crippen LogP contribution in [0.5, 0.6) is 0 Å². The van der Waals surface area contributed by atoms with Crippen LogP contribution in [-0.2, 0) is 12.4 Å². The van der Waals surface area contributed by atoms with E-state index in [0.717, 1.165) is 29.8 Å². The largest absolute Gasteiger partial charge is 0.327 e. The van der Waals surface area contributed by atoms with Crippen molar-refractivity contribution in [3.8, 4) is 0 Å². The SMILES string of the molecule is CCCCCCn1c(CCl)nc2c(Cl)cccc21. The van der Waals surface area contributed by atoms with Crippen LogP contribution in [0.15, 0.2) is 18.2 Å². The molecule has 1 heterocycles. The molecule has 0 N–H and O–H groups in total. The quantitative estimate of drug-likeness (QED) is 0.539. The van der Waals surface area contributed by atoms with Gasteiger partial charge in [-0.3, -0.25) is 0 Å². The van der Waals surface area contributed by atoms with Crippen LogP contribution in [0, 0.1) is 0 Å². The van der Waals surface area contributed by atoms with Crippen molar-refractivity contribution in [1.29, 1.82) is 0 Å². The molecule has 0 amide bonds. The minimum absolute atomic E-state index is 0.429. The van der Waals surface area contributed by atoms with Gasteiger partial charge in [-0.25, -0.2) is 4.98 Å². The second-order valence-corrected chi connectivity index (χ2v) is 5.16. The number of alkyl halides is 1. The van der Waals surface area contributed by atoms with Gasteiger partial charge in [-0.15, -0.1) is 11.6 Å². The summed E-state index contributed by atoms with van der Waals surface area (Å²) in [6.07, 6.45) is 4.94. The van der Waals surface area contributed by atoms with Gasteiger partial charge in [0.2, 0.25) is 0 Å². The summed E-state index contributed by atoms with van der Waals surface area (Å²) in [4.78, 5) is 4.53. The zero-order valence-electron chi connectivity index (χ0n) is 10.6. The van der Waals surface area contributed by atoms with Gasteiger partial charge in [-0.05, 0) is 18.6 Å². The number of aromatic nitrogens is 2. The van der Waals surface area contributed by atoms with Gasteiger partial charge in [0.25, 0.3) is 0 Å². The van der Waals surface area contributed by atoms with Crippen LogP contribution in [0.3, 0.4) is 0 Å². The third-order valence-electron chi connectivity index (χ3n) is 3.16. The molecule has 2 rings (SSSR count). The molecular weight excluding hydrogens is 267 g/mol. The molecule has 0 aliphatic rings. The molecule has 0 spiro atoms. The number of benzene rings is 1. The summed E-state index contributed by atoms with van der Waals surface area (Å²) in [5.41, 5.74) is 1.96. The molecule has 1 aromatic carbocycles. The van der Waals surface area contributed by atoms with E-state index >= 15 is 0 Å². The summed E-state index contributed by atoms with van der Waals surface area (Å²) in [5, 5.41) is 0.700. The van der Waals surface area contributed by atoms with Crippen LogP contribution in [-0.4, -0.2) is 9.55 Å². The normalized spacial score (nSPS) is 11.3. The predicted molar refractivity (Wildman–Crippen MR) is 78.4 cm³/mol. The lowest BCUT2D eigenvalue weighted by Crippen LogP contribution is -2.02. The number of para-hydroxylation sites is 1. The number of fused-ring (bicyclic) bond motifs is 1. The van der Waals surface area contributed by atoms with Crippen molar-refractivity contribution < 1.29 is 0 Å². The minimum Gasteiger partial charge on any atom is -0.327 e. The van der Waals surface area contributed by atoms with E-state index in [-0.39, 0.29) is 0 Å². The summed E-state index contributed by atoms with van der Waals surface area (Å²) in [6.45, 7) is 3.19. The highest BCUT2D eigenvalue weighted by Gasteiger charge is 2.11. The van der Waals surface area contributed by atoms with Crippen LogP contribution < -0.4 is 0 Å². The number of halogens is 2. The summed E-state index contributed by atoms with van der Waals surface area (Å²) in [5.74, 6) is 1.34. The standard InChI is InChI=1S/C14H18Cl2N2/c1-2-3-4-5-9-18-12-8-6-7-11(16)14(12)17-13(18)10-15/h6-8H,2-5,9-10H2,1H3. The highest BCUT2D eigenvalue weighted by molar-refractivity contribution is 6.34. The number of hydrogen-bond donors (Lipinski definition) is 0. The van der Waals surface area contributed by atoms with Gasteiger partial charge in [0.15, 0.2) is 0 Å². The second kappa shape index (κ2) is 6.44. The Morgan fingerprint density at radius 3 is 2.78 bits per heavy atom. The van der Waals surface area contributed by atoms with E-state index in [9.17, 15) is 0 Å². The molecule has 4 heteroatoms. The van der Waals surface area contributed by atoms with Crippen molar-refractivity contribution in [3.63, 3.8) is 0 Å². The van der Waals surface area contributed by atoms with Crippen molar-refractivity contribution in [2.45, 2.75) is 45.0 Å². The Kier molecular flexibility index (Phi) is 4.90. The first-order valence-corrected chi connectivity index (χ1v) is 7.38. The number of aryl methyl sites for hydroxylation is 1. The smallest absolute Gasteiger partial charge is 0.124 e. The average Bonchev–Trinajstić information content (AvgIpc) is 2.74. The number of hydrogen-bond acceptors (Lipinski definition) is 1. The summed E-state index contributed by atoms with van der Waals surface area (Å²) in [6, 6.07) is 5.90. The minimum atomic E-state index is 0.429. The van der Waals surface area contributed by atoms with Crippen LogP contribution in [0.2, 0.25) is 5.02 Å². The van der Waals surface area contributed by atoms with Crippen molar-refractivity contribution in [2.75, 3.05) is 0 Å². The molecule has 18 heavy (non-hydrogen) atoms. The van der Waals surface area contributed by atoms with E-state index in [0.29, 0.717) is 10.9 Å². The van der Waals surface area contributed by atoms with Gasteiger partial charge in [0.05, 0.1) is 16.4 Å². The van der Waals surface area contributed by atoms with Gasteiger partial charge in [-0.2, -0.15) is 0 Å². The molecule has 1 aromatic heterocycles. The fraction of sp³-hybridized carbons (Fsp3) is 0.500. The van der Waals surface area contributed by atoms with Gasteiger partial charge in [0.1, 0.15) is 11.3 Å². The summed E-state index contributed by atoms with van der Waals surface area (Å²) in [7, 11) is 0. The van der Waals surface area contributed by atoms with Crippen molar-refractivity contribution >= 4 is 34.2 Å². The molecule has 0 unspecified atom stereocenters. The molecule has 0 atom stereocenters. The van der Waals surface area contributed by atoms with Crippen LogP contribution in [0.4, 0.5) is 0 Å². The lowest BCUT2D eigenvalue weighted by Gasteiger charge is -2.07. The third kappa shape index (κ3) is 2.81. The van der Waals surface area contributed by atoms with E-state index in [1.54, 1.807) is 0 Å². The van der Waals surface area contributed by atoms with Crippen LogP contribution in [0.25, 0.3) is 11.0 Å². The fourth-order valence-corrected chi connectivity index (χ4v) is 2.62. The maximum absolute atomic E-state index is 6.16. The molecule has 0 saturated heterocycles. The number of rotatable bonds is 6. The zero-order chi connectivity index (χ0) is 13.0. The number of nitrogens with zero attached hydrogens (tertiary/aromatic N) is 2. The Morgan fingerprint density at radius 2 is 2.06 bits per heavy atom. The van der Waals surface area contributed by atoms with E-state index in [1.165, 1.54) is 19.3 Å². The van der Waals surface area contributed by atoms with Gasteiger partial charge >= 0.3 is 0 Å². The fourth-order valence-electron chi connectivity index (χ4n) is 2.21. The monoisotopic (exact) mass is 284 g/mol. The Bertz CT molecular complexity index is 520. The molecule has 98 valence electrons. The molecule has 0 bridgehead atoms. The van der Waals surface area contributed by atoms with E-state index < -0.39 is 0 Å². The van der Waals surface area contributed by atoms with E-state index in [2.05, 4.69) is 22.5 Å². The van der Waals surface area contributed by atoms with E-state index in [4.69, 9.17) is 23.2 Å². The summed E-state index contributed by atoms with van der Waals surface area (Å²) < 4.78 is 2.20. The first-order valence-electron chi connectivity index (χ1n) is 6.47. The molecule has 0 fully saturated rings. The zero-order valence-corrected chi connectivity index (χ0v) is 12.1. The lowest BCUT2D eigenvalue weighted by molar-refractivity contribution is 0.581. The highest BCUT2D eigenvalue weighted by Crippen LogP contribution is 2.25. The average molecular weight is 285 g/mol. The molecule has 2 aromatic rings. The molecular formula is C14H18Cl2N2. The lowest BCUT2D eigenvalue weighted by atomic mass is 10.2. The van der Waals surface area contributed by atoms with Crippen molar-refractivity contribution in [3.05, 3.63) is 29.0 Å². The molecule has 0 saturated carbocycles. The maximum atomic E-state index is 6.16. The maximum Gasteiger partial charge on any atom is 0.124 e. The van der Waals surface area contributed by atoms with Crippen LogP contribution in [0.1, 0.15) is 38.4 Å². The topological polar surface area (TPSA) is 17.8 Å². The van der Waals surface area contributed by atoms with Crippen molar-refractivity contribution in [2.24, 2.45) is 0 Å². The Labute approximate surface area is 118 Å². The summed E-state index contributed by atoms with van der Waals surface area (Å²) >= 11 is 12.1. The van der Waals surface area contributed by atoms with Gasteiger partial charge in [0, 0.05) is 6.54 Å². The Morgan fingerprint density at radius 1 is 1.22 bits per heavy atom. The number of unbranched alkanes of at least 4 members (excludes halogenated alkanes) is 3. The first-order chi connectivity index (χ1) is 8.77. The van der Waals surface area contributed by atoms with Crippen molar-refractivity contribution in [1.82, 2.24) is 9.55 Å². The van der Waals surface area contributed by atoms with Gasteiger partial charge < -0.3 is 4.57 Å². The molecule has 0 aliphatic heterocycles. The first kappa shape index (κ1) is 13.7. The third-order valence-corrected chi connectivity index (χ3v) is 3.71. The number of imidazole rings is 1. The van der Waals surface area contributed by atoms with Crippen LogP contribution >= 0.6 is 23.2 Å². The molecule has 2 nitrogen and oxygen atoms in total. The molecule has 0 radical (unpaired) electrons. The second-order valence-electron chi connectivity index (χ2n) is 4.48. The molecule has 0 aliphatic carbocycles. The van der Waals surface area contributed by atoms with E-state index in [1.807, 2.05) is 12.1 Å².